The summed E-state index contributed by atoms with van der Waals surface area (Å²) >= 11 is 0. The summed E-state index contributed by atoms with van der Waals surface area (Å²) in [4.78, 5) is 0. The summed E-state index contributed by atoms with van der Waals surface area (Å²) in [6, 6.07) is 0. The third kappa shape index (κ3) is 1.28. The van der Waals surface area contributed by atoms with E-state index in [4.69, 9.17) is 0 Å². The molecular formula is C16H28. The van der Waals surface area contributed by atoms with E-state index in [0.29, 0.717) is 10.8 Å². The largest absolute Gasteiger partial charge is 0.0622 e. The van der Waals surface area contributed by atoms with Gasteiger partial charge >= 0.3 is 0 Å². The van der Waals surface area contributed by atoms with E-state index in [-0.39, 0.29) is 0 Å². The highest BCUT2D eigenvalue weighted by Crippen LogP contribution is 2.72. The zero-order valence-electron chi connectivity index (χ0n) is 11.7. The molecule has 0 aromatic rings. The van der Waals surface area contributed by atoms with Crippen molar-refractivity contribution in [2.24, 2.45) is 40.4 Å². The quantitative estimate of drug-likeness (QED) is 0.553. The lowest BCUT2D eigenvalue weighted by atomic mass is 9.68. The van der Waals surface area contributed by atoms with Crippen LogP contribution >= 0.6 is 0 Å². The van der Waals surface area contributed by atoms with Crippen LogP contribution in [0.2, 0.25) is 0 Å². The van der Waals surface area contributed by atoms with Gasteiger partial charge in [-0.15, -0.1) is 0 Å². The average Bonchev–Trinajstić information content (AvgIpc) is 2.51. The molecule has 0 nitrogen and oxygen atoms in total. The molecule has 3 saturated carbocycles. The molecule has 0 saturated heterocycles. The van der Waals surface area contributed by atoms with E-state index in [1.54, 1.807) is 0 Å². The standard InChI is InChI=1S/C16H28/c1-10-6-7-11-13(10)14-12(16(14,4)5)8-9-15(11,2)3/h10-14H,6-9H2,1-5H3/t10?,11?,12-,13-,14-/m1/s1. The first-order valence-electron chi connectivity index (χ1n) is 7.36. The summed E-state index contributed by atoms with van der Waals surface area (Å²) < 4.78 is 0. The van der Waals surface area contributed by atoms with Crippen LogP contribution in [0.1, 0.15) is 60.3 Å². The van der Waals surface area contributed by atoms with Crippen molar-refractivity contribution in [3.63, 3.8) is 0 Å². The lowest BCUT2D eigenvalue weighted by Gasteiger charge is -2.37. The van der Waals surface area contributed by atoms with E-state index in [2.05, 4.69) is 34.6 Å². The molecule has 0 aromatic carbocycles. The summed E-state index contributed by atoms with van der Waals surface area (Å²) in [6.45, 7) is 12.7. The maximum atomic E-state index is 2.54. The maximum absolute atomic E-state index is 2.54. The molecule has 0 bridgehead atoms. The van der Waals surface area contributed by atoms with Gasteiger partial charge in [0.15, 0.2) is 0 Å². The number of fused-ring (bicyclic) bond motifs is 3. The van der Waals surface area contributed by atoms with Gasteiger partial charge in [-0.25, -0.2) is 0 Å². The Kier molecular flexibility index (Phi) is 2.12. The van der Waals surface area contributed by atoms with Crippen LogP contribution in [0, 0.1) is 40.4 Å². The minimum Gasteiger partial charge on any atom is -0.0622 e. The van der Waals surface area contributed by atoms with Gasteiger partial charge < -0.3 is 0 Å². The maximum Gasteiger partial charge on any atom is -0.0289 e. The normalized spacial score (nSPS) is 52.7. The zero-order valence-corrected chi connectivity index (χ0v) is 11.7. The van der Waals surface area contributed by atoms with E-state index in [1.807, 2.05) is 0 Å². The van der Waals surface area contributed by atoms with Crippen molar-refractivity contribution in [1.82, 2.24) is 0 Å². The second-order valence-electron chi connectivity index (χ2n) is 8.22. The Labute approximate surface area is 101 Å². The highest BCUT2D eigenvalue weighted by Gasteiger charge is 2.65. The van der Waals surface area contributed by atoms with Crippen molar-refractivity contribution in [2.45, 2.75) is 60.3 Å². The van der Waals surface area contributed by atoms with Gasteiger partial charge in [0.2, 0.25) is 0 Å². The van der Waals surface area contributed by atoms with E-state index in [9.17, 15) is 0 Å². The highest BCUT2D eigenvalue weighted by molar-refractivity contribution is 5.14. The summed E-state index contributed by atoms with van der Waals surface area (Å²) in [5, 5.41) is 0. The molecule has 16 heavy (non-hydrogen) atoms. The number of hydrogen-bond donors (Lipinski definition) is 0. The molecule has 0 radical (unpaired) electrons. The van der Waals surface area contributed by atoms with Crippen LogP contribution in [-0.4, -0.2) is 0 Å². The van der Waals surface area contributed by atoms with Crippen molar-refractivity contribution in [3.8, 4) is 0 Å². The SMILES string of the molecule is CC1CCC2[C@@H]1[C@H]1[C@@H](CCC2(C)C)C1(C)C. The van der Waals surface area contributed by atoms with E-state index < -0.39 is 0 Å². The van der Waals surface area contributed by atoms with Crippen LogP contribution in [0.15, 0.2) is 0 Å². The third-order valence-corrected chi connectivity index (χ3v) is 6.71. The fourth-order valence-corrected chi connectivity index (χ4v) is 5.56. The summed E-state index contributed by atoms with van der Waals surface area (Å²) in [5.41, 5.74) is 1.30. The molecule has 0 N–H and O–H groups in total. The molecule has 2 unspecified atom stereocenters. The lowest BCUT2D eigenvalue weighted by Crippen LogP contribution is -2.30. The Hall–Kier alpha value is 0. The van der Waals surface area contributed by atoms with Gasteiger partial charge in [-0.2, -0.15) is 0 Å². The smallest absolute Gasteiger partial charge is 0.0289 e. The number of rotatable bonds is 0. The topological polar surface area (TPSA) is 0 Å². The van der Waals surface area contributed by atoms with Crippen LogP contribution in [0.3, 0.4) is 0 Å². The molecule has 0 aromatic heterocycles. The summed E-state index contributed by atoms with van der Waals surface area (Å²) in [6.07, 6.45) is 5.99. The van der Waals surface area contributed by atoms with Crippen LogP contribution in [0.4, 0.5) is 0 Å². The predicted molar refractivity (Wildman–Crippen MR) is 69.2 cm³/mol. The molecule has 3 aliphatic rings. The Morgan fingerprint density at radius 1 is 0.875 bits per heavy atom. The summed E-state index contributed by atoms with van der Waals surface area (Å²) in [7, 11) is 0. The monoisotopic (exact) mass is 220 g/mol. The Balaban J connectivity index is 1.94. The second kappa shape index (κ2) is 3.06. The molecule has 3 aliphatic carbocycles. The van der Waals surface area contributed by atoms with Crippen molar-refractivity contribution in [2.75, 3.05) is 0 Å². The Morgan fingerprint density at radius 3 is 2.25 bits per heavy atom. The molecule has 3 fully saturated rings. The van der Waals surface area contributed by atoms with Gasteiger partial charge in [0.05, 0.1) is 0 Å². The first-order chi connectivity index (χ1) is 7.36. The fraction of sp³-hybridized carbons (Fsp3) is 1.00. The van der Waals surface area contributed by atoms with E-state index in [0.717, 1.165) is 29.6 Å². The van der Waals surface area contributed by atoms with Crippen LogP contribution in [0.25, 0.3) is 0 Å². The highest BCUT2D eigenvalue weighted by atomic mass is 14.7. The molecule has 0 amide bonds. The average molecular weight is 220 g/mol. The van der Waals surface area contributed by atoms with Crippen LogP contribution in [0.5, 0.6) is 0 Å². The van der Waals surface area contributed by atoms with Gasteiger partial charge in [-0.05, 0) is 59.7 Å². The Morgan fingerprint density at radius 2 is 1.56 bits per heavy atom. The predicted octanol–water partition coefficient (Wildman–Crippen LogP) is 4.74. The van der Waals surface area contributed by atoms with E-state index >= 15 is 0 Å². The molecule has 0 aliphatic heterocycles. The minimum absolute atomic E-state index is 0.624. The van der Waals surface area contributed by atoms with Gasteiger partial charge in [-0.3, -0.25) is 0 Å². The Bertz CT molecular complexity index is 299. The first kappa shape index (κ1) is 11.1. The third-order valence-electron chi connectivity index (χ3n) is 6.71. The van der Waals surface area contributed by atoms with Gasteiger partial charge in [0.25, 0.3) is 0 Å². The molecular weight excluding hydrogens is 192 g/mol. The molecule has 0 spiro atoms. The molecule has 92 valence electrons. The van der Waals surface area contributed by atoms with Crippen LogP contribution < -0.4 is 0 Å². The molecule has 5 atom stereocenters. The van der Waals surface area contributed by atoms with Gasteiger partial charge in [0.1, 0.15) is 0 Å². The van der Waals surface area contributed by atoms with Crippen molar-refractivity contribution in [1.29, 1.82) is 0 Å². The molecule has 0 heterocycles. The van der Waals surface area contributed by atoms with Crippen molar-refractivity contribution >= 4 is 0 Å². The van der Waals surface area contributed by atoms with Crippen molar-refractivity contribution in [3.05, 3.63) is 0 Å². The summed E-state index contributed by atoms with van der Waals surface area (Å²) in [5.74, 6) is 5.20. The second-order valence-corrected chi connectivity index (χ2v) is 8.22. The molecule has 3 rings (SSSR count). The van der Waals surface area contributed by atoms with E-state index in [1.165, 1.54) is 25.7 Å². The zero-order chi connectivity index (χ0) is 11.7. The fourth-order valence-electron chi connectivity index (χ4n) is 5.56. The molecule has 0 heteroatoms. The van der Waals surface area contributed by atoms with Crippen LogP contribution in [-0.2, 0) is 0 Å². The minimum atomic E-state index is 0.624. The van der Waals surface area contributed by atoms with Crippen molar-refractivity contribution < 1.29 is 0 Å². The number of hydrogen-bond acceptors (Lipinski definition) is 0. The van der Waals surface area contributed by atoms with Gasteiger partial charge in [0, 0.05) is 0 Å². The first-order valence-corrected chi connectivity index (χ1v) is 7.36. The van der Waals surface area contributed by atoms with Gasteiger partial charge in [-0.1, -0.05) is 41.0 Å². The lowest BCUT2D eigenvalue weighted by molar-refractivity contribution is 0.122.